The summed E-state index contributed by atoms with van der Waals surface area (Å²) in [4.78, 5) is 27.4. The number of esters is 1. The number of hydrogen-bond acceptors (Lipinski definition) is 3. The Balaban J connectivity index is 1.81. The Labute approximate surface area is 145 Å². The van der Waals surface area contributed by atoms with Crippen LogP contribution in [0.1, 0.15) is 46.3 Å². The monoisotopic (exact) mass is 331 g/mol. The standard InChI is InChI=1S/C21H17NO3/c1-2-25-20(24)16-12-22-19(23)14-8-4-6-10-18(14)21(22)11-15(16)13-7-3-5-9-17(13)21/h3-10,12,15H,2,11H2,1H3/t15-,21+/m1/s1. The van der Waals surface area contributed by atoms with Gasteiger partial charge < -0.3 is 9.64 Å². The fraction of sp³-hybridized carbons (Fsp3) is 0.238. The first-order valence-electron chi connectivity index (χ1n) is 8.60. The molecule has 0 N–H and O–H groups in total. The van der Waals surface area contributed by atoms with Crippen molar-refractivity contribution in [1.82, 2.24) is 4.90 Å². The molecule has 2 atom stereocenters. The van der Waals surface area contributed by atoms with Gasteiger partial charge in [-0.05, 0) is 36.1 Å². The summed E-state index contributed by atoms with van der Waals surface area (Å²) in [5.74, 6) is -0.417. The Morgan fingerprint density at radius 1 is 1.16 bits per heavy atom. The molecule has 124 valence electrons. The van der Waals surface area contributed by atoms with E-state index in [1.165, 1.54) is 0 Å². The summed E-state index contributed by atoms with van der Waals surface area (Å²) in [6.07, 6.45) is 2.42. The third-order valence-corrected chi connectivity index (χ3v) is 5.67. The number of benzene rings is 2. The van der Waals surface area contributed by atoms with Crippen molar-refractivity contribution in [3.8, 4) is 0 Å². The Morgan fingerprint density at radius 2 is 1.88 bits per heavy atom. The molecule has 1 aliphatic carbocycles. The van der Waals surface area contributed by atoms with Crippen LogP contribution in [0.3, 0.4) is 0 Å². The van der Waals surface area contributed by atoms with E-state index in [1.807, 2.05) is 36.4 Å². The van der Waals surface area contributed by atoms with Gasteiger partial charge in [0.05, 0.1) is 17.7 Å². The SMILES string of the molecule is CCOC(=O)C1=CN2C(=O)c3ccccc3[C@@]23C[C@@H]1c1ccccc13. The highest BCUT2D eigenvalue weighted by Gasteiger charge is 2.59. The molecule has 2 heterocycles. The van der Waals surface area contributed by atoms with Crippen LogP contribution in [0.5, 0.6) is 0 Å². The largest absolute Gasteiger partial charge is 0.463 e. The first kappa shape index (κ1) is 14.5. The molecule has 5 rings (SSSR count). The lowest BCUT2D eigenvalue weighted by atomic mass is 9.81. The molecular formula is C21H17NO3. The molecule has 1 spiro atoms. The summed E-state index contributed by atoms with van der Waals surface area (Å²) in [7, 11) is 0. The molecule has 1 amide bonds. The van der Waals surface area contributed by atoms with E-state index in [-0.39, 0.29) is 17.8 Å². The predicted octanol–water partition coefficient (Wildman–Crippen LogP) is 3.33. The summed E-state index contributed by atoms with van der Waals surface area (Å²) in [5.41, 5.74) is 4.07. The van der Waals surface area contributed by atoms with Gasteiger partial charge in [-0.1, -0.05) is 42.5 Å². The number of ether oxygens (including phenoxy) is 1. The summed E-state index contributed by atoms with van der Waals surface area (Å²) in [6.45, 7) is 2.12. The number of carbonyl (C=O) groups is 2. The molecule has 0 saturated carbocycles. The fourth-order valence-electron chi connectivity index (χ4n) is 4.72. The van der Waals surface area contributed by atoms with Crippen molar-refractivity contribution in [1.29, 1.82) is 0 Å². The number of fused-ring (bicyclic) bond motifs is 4. The molecular weight excluding hydrogens is 314 g/mol. The zero-order valence-corrected chi connectivity index (χ0v) is 13.9. The first-order chi connectivity index (χ1) is 12.2. The van der Waals surface area contributed by atoms with Crippen LogP contribution in [-0.4, -0.2) is 23.4 Å². The Hall–Kier alpha value is -2.88. The smallest absolute Gasteiger partial charge is 0.336 e. The molecule has 4 heteroatoms. The van der Waals surface area contributed by atoms with Gasteiger partial charge in [0.1, 0.15) is 0 Å². The van der Waals surface area contributed by atoms with Crippen LogP contribution in [0.25, 0.3) is 0 Å². The van der Waals surface area contributed by atoms with E-state index in [4.69, 9.17) is 4.74 Å². The zero-order chi connectivity index (χ0) is 17.2. The maximum Gasteiger partial charge on any atom is 0.336 e. The third-order valence-electron chi connectivity index (χ3n) is 5.67. The summed E-state index contributed by atoms with van der Waals surface area (Å²) in [6, 6.07) is 15.9. The predicted molar refractivity (Wildman–Crippen MR) is 91.9 cm³/mol. The van der Waals surface area contributed by atoms with Crippen LogP contribution in [-0.2, 0) is 15.1 Å². The summed E-state index contributed by atoms with van der Waals surface area (Å²) in [5, 5.41) is 0. The van der Waals surface area contributed by atoms with Crippen molar-refractivity contribution in [2.75, 3.05) is 6.61 Å². The van der Waals surface area contributed by atoms with E-state index in [2.05, 4.69) is 12.1 Å². The summed E-state index contributed by atoms with van der Waals surface area (Å²) < 4.78 is 5.26. The van der Waals surface area contributed by atoms with Crippen molar-refractivity contribution < 1.29 is 14.3 Å². The van der Waals surface area contributed by atoms with Crippen LogP contribution in [0, 0.1) is 0 Å². The Bertz CT molecular complexity index is 961. The van der Waals surface area contributed by atoms with Gasteiger partial charge in [0, 0.05) is 17.7 Å². The molecule has 0 aromatic heterocycles. The van der Waals surface area contributed by atoms with Gasteiger partial charge in [-0.15, -0.1) is 0 Å². The molecule has 2 aliphatic heterocycles. The zero-order valence-electron chi connectivity index (χ0n) is 13.9. The normalized spacial score (nSPS) is 25.2. The van der Waals surface area contributed by atoms with Crippen molar-refractivity contribution in [3.63, 3.8) is 0 Å². The van der Waals surface area contributed by atoms with E-state index in [9.17, 15) is 9.59 Å². The number of amides is 1. The number of rotatable bonds is 2. The highest BCUT2D eigenvalue weighted by atomic mass is 16.5. The molecule has 2 aromatic carbocycles. The Kier molecular flexibility index (Phi) is 2.79. The van der Waals surface area contributed by atoms with Crippen LogP contribution >= 0.6 is 0 Å². The van der Waals surface area contributed by atoms with Gasteiger partial charge in [0.2, 0.25) is 0 Å². The van der Waals surface area contributed by atoms with Gasteiger partial charge in [-0.3, -0.25) is 4.79 Å². The molecule has 0 saturated heterocycles. The van der Waals surface area contributed by atoms with Gasteiger partial charge in [-0.2, -0.15) is 0 Å². The molecule has 2 aromatic rings. The van der Waals surface area contributed by atoms with Crippen molar-refractivity contribution >= 4 is 11.9 Å². The first-order valence-corrected chi connectivity index (χ1v) is 8.60. The van der Waals surface area contributed by atoms with E-state index < -0.39 is 5.54 Å². The minimum atomic E-state index is -0.495. The van der Waals surface area contributed by atoms with E-state index >= 15 is 0 Å². The van der Waals surface area contributed by atoms with Crippen molar-refractivity contribution in [2.24, 2.45) is 0 Å². The van der Waals surface area contributed by atoms with Crippen molar-refractivity contribution in [2.45, 2.75) is 24.8 Å². The lowest BCUT2D eigenvalue weighted by Crippen LogP contribution is -2.42. The average molecular weight is 331 g/mol. The van der Waals surface area contributed by atoms with Crippen LogP contribution < -0.4 is 0 Å². The fourth-order valence-corrected chi connectivity index (χ4v) is 4.72. The average Bonchev–Trinajstić information content (AvgIpc) is 3.07. The second-order valence-electron chi connectivity index (χ2n) is 6.73. The Morgan fingerprint density at radius 3 is 2.68 bits per heavy atom. The van der Waals surface area contributed by atoms with E-state index in [0.717, 1.165) is 22.3 Å². The summed E-state index contributed by atoms with van der Waals surface area (Å²) >= 11 is 0. The number of nitrogens with zero attached hydrogens (tertiary/aromatic N) is 1. The van der Waals surface area contributed by atoms with Gasteiger partial charge >= 0.3 is 5.97 Å². The number of carbonyl (C=O) groups excluding carboxylic acids is 2. The second kappa shape index (κ2) is 4.82. The lowest BCUT2D eigenvalue weighted by Gasteiger charge is -2.38. The molecule has 2 bridgehead atoms. The molecule has 3 aliphatic rings. The molecule has 0 radical (unpaired) electrons. The highest BCUT2D eigenvalue weighted by molar-refractivity contribution is 6.04. The topological polar surface area (TPSA) is 46.6 Å². The maximum atomic E-state index is 13.1. The van der Waals surface area contributed by atoms with Crippen LogP contribution in [0.2, 0.25) is 0 Å². The maximum absolute atomic E-state index is 13.1. The van der Waals surface area contributed by atoms with Gasteiger partial charge in [-0.25, -0.2) is 4.79 Å². The lowest BCUT2D eigenvalue weighted by molar-refractivity contribution is -0.139. The minimum absolute atomic E-state index is 0.0366. The number of hydrogen-bond donors (Lipinski definition) is 0. The second-order valence-corrected chi connectivity index (χ2v) is 6.73. The molecule has 25 heavy (non-hydrogen) atoms. The van der Waals surface area contributed by atoms with Gasteiger partial charge in [0.25, 0.3) is 5.91 Å². The highest BCUT2D eigenvalue weighted by Crippen LogP contribution is 2.60. The van der Waals surface area contributed by atoms with Gasteiger partial charge in [0.15, 0.2) is 0 Å². The minimum Gasteiger partial charge on any atom is -0.463 e. The quantitative estimate of drug-likeness (QED) is 0.793. The van der Waals surface area contributed by atoms with Crippen LogP contribution in [0.4, 0.5) is 0 Å². The van der Waals surface area contributed by atoms with E-state index in [1.54, 1.807) is 18.0 Å². The molecule has 0 unspecified atom stereocenters. The third kappa shape index (κ3) is 1.62. The van der Waals surface area contributed by atoms with E-state index in [0.29, 0.717) is 18.6 Å². The molecule has 0 fully saturated rings. The molecule has 4 nitrogen and oxygen atoms in total. The van der Waals surface area contributed by atoms with Crippen molar-refractivity contribution in [3.05, 3.63) is 82.6 Å². The van der Waals surface area contributed by atoms with Crippen LogP contribution in [0.15, 0.2) is 60.3 Å².